The number of allylic oxidation sites excluding steroid dienone is 2. The van der Waals surface area contributed by atoms with Crippen molar-refractivity contribution in [2.75, 3.05) is 26.0 Å². The van der Waals surface area contributed by atoms with Gasteiger partial charge in [-0.1, -0.05) is 18.1 Å². The first-order valence-electron chi connectivity index (χ1n) is 7.77. The summed E-state index contributed by atoms with van der Waals surface area (Å²) in [6.45, 7) is 7.64. The van der Waals surface area contributed by atoms with Gasteiger partial charge >= 0.3 is 13.6 Å². The van der Waals surface area contributed by atoms with Crippen LogP contribution in [-0.4, -0.2) is 32.0 Å². The van der Waals surface area contributed by atoms with E-state index in [0.717, 1.165) is 38.5 Å². The first-order chi connectivity index (χ1) is 11.1. The lowest BCUT2D eigenvalue weighted by molar-refractivity contribution is -0.139. The van der Waals surface area contributed by atoms with E-state index in [4.69, 9.17) is 20.2 Å². The zero-order valence-electron chi connectivity index (χ0n) is 13.7. The molecule has 6 heteroatoms. The van der Waals surface area contributed by atoms with Crippen molar-refractivity contribution in [3.05, 3.63) is 25.3 Å². The molecule has 0 saturated carbocycles. The highest BCUT2D eigenvalue weighted by Crippen LogP contribution is 2.48. The van der Waals surface area contributed by atoms with Crippen LogP contribution in [0.4, 0.5) is 0 Å². The Hall–Kier alpha value is -1.34. The Morgan fingerprint density at radius 3 is 2.00 bits per heavy atom. The van der Waals surface area contributed by atoms with E-state index < -0.39 is 19.7 Å². The highest BCUT2D eigenvalue weighted by atomic mass is 31.2. The molecule has 0 aliphatic heterocycles. The summed E-state index contributed by atoms with van der Waals surface area (Å²) in [6.07, 6.45) is 13.1. The standard InChI is InChI=1S/C17H27O5P/c1-4-7-9-11-14-21-23(19,16-17(18)20-13-6-3)22-15-12-10-8-5-2/h3-5H,1-2,7-16H2. The molecule has 0 aromatic carbocycles. The first-order valence-corrected chi connectivity index (χ1v) is 9.49. The van der Waals surface area contributed by atoms with Gasteiger partial charge < -0.3 is 13.8 Å². The number of hydrogen-bond acceptors (Lipinski definition) is 5. The molecule has 0 unspecified atom stereocenters. The Labute approximate surface area is 139 Å². The van der Waals surface area contributed by atoms with Gasteiger partial charge in [-0.15, -0.1) is 19.6 Å². The molecular formula is C17H27O5P. The van der Waals surface area contributed by atoms with E-state index >= 15 is 0 Å². The maximum absolute atomic E-state index is 12.6. The summed E-state index contributed by atoms with van der Waals surface area (Å²) in [6, 6.07) is 0. The highest BCUT2D eigenvalue weighted by molar-refractivity contribution is 7.54. The second-order valence-electron chi connectivity index (χ2n) is 4.87. The van der Waals surface area contributed by atoms with Gasteiger partial charge in [0.15, 0.2) is 6.61 Å². The molecule has 23 heavy (non-hydrogen) atoms. The topological polar surface area (TPSA) is 61.8 Å². The van der Waals surface area contributed by atoms with Gasteiger partial charge in [-0.05, 0) is 38.5 Å². The predicted octanol–water partition coefficient (Wildman–Crippen LogP) is 4.10. The summed E-state index contributed by atoms with van der Waals surface area (Å²) in [7, 11) is -3.51. The monoisotopic (exact) mass is 342 g/mol. The van der Waals surface area contributed by atoms with Crippen molar-refractivity contribution in [2.45, 2.75) is 38.5 Å². The Morgan fingerprint density at radius 2 is 1.57 bits per heavy atom. The molecular weight excluding hydrogens is 315 g/mol. The minimum Gasteiger partial charge on any atom is -0.452 e. The number of rotatable bonds is 15. The molecule has 0 fully saturated rings. The van der Waals surface area contributed by atoms with Crippen molar-refractivity contribution in [1.82, 2.24) is 0 Å². The van der Waals surface area contributed by atoms with Crippen LogP contribution < -0.4 is 0 Å². The molecule has 0 atom stereocenters. The summed E-state index contributed by atoms with van der Waals surface area (Å²) < 4.78 is 28.1. The zero-order chi connectivity index (χ0) is 17.4. The fourth-order valence-electron chi connectivity index (χ4n) is 1.64. The zero-order valence-corrected chi connectivity index (χ0v) is 14.6. The van der Waals surface area contributed by atoms with Crippen LogP contribution in [0.1, 0.15) is 38.5 Å². The van der Waals surface area contributed by atoms with Crippen LogP contribution in [-0.2, 0) is 23.1 Å². The van der Waals surface area contributed by atoms with Gasteiger partial charge in [0.05, 0.1) is 13.2 Å². The maximum atomic E-state index is 12.6. The largest absolute Gasteiger partial charge is 0.452 e. The Bertz CT molecular complexity index is 417. The van der Waals surface area contributed by atoms with E-state index in [9.17, 15) is 9.36 Å². The fourth-order valence-corrected chi connectivity index (χ4v) is 3.12. The molecule has 0 aromatic heterocycles. The highest BCUT2D eigenvalue weighted by Gasteiger charge is 2.29. The van der Waals surface area contributed by atoms with Crippen LogP contribution in [0.5, 0.6) is 0 Å². The number of terminal acetylenes is 1. The van der Waals surface area contributed by atoms with Crippen molar-refractivity contribution >= 4 is 13.6 Å². The number of carbonyl (C=O) groups excluding carboxylic acids is 1. The van der Waals surface area contributed by atoms with Gasteiger partial charge in [0.1, 0.15) is 6.16 Å². The minimum atomic E-state index is -3.51. The number of esters is 1. The van der Waals surface area contributed by atoms with E-state index in [1.54, 1.807) is 0 Å². The lowest BCUT2D eigenvalue weighted by Crippen LogP contribution is -2.14. The van der Waals surface area contributed by atoms with Gasteiger partial charge in [-0.2, -0.15) is 0 Å². The molecule has 0 saturated heterocycles. The number of hydrogen-bond donors (Lipinski definition) is 0. The average Bonchev–Trinajstić information content (AvgIpc) is 2.52. The van der Waals surface area contributed by atoms with E-state index in [1.165, 1.54) is 0 Å². The minimum absolute atomic E-state index is 0.155. The molecule has 0 heterocycles. The molecule has 0 aliphatic rings. The molecule has 0 bridgehead atoms. The second kappa shape index (κ2) is 14.3. The lowest BCUT2D eigenvalue weighted by Gasteiger charge is -2.17. The van der Waals surface area contributed by atoms with Crippen LogP contribution in [0.25, 0.3) is 0 Å². The summed E-state index contributed by atoms with van der Waals surface area (Å²) in [5.41, 5.74) is 0. The Morgan fingerprint density at radius 1 is 1.04 bits per heavy atom. The van der Waals surface area contributed by atoms with Crippen LogP contribution >= 0.6 is 7.60 Å². The molecule has 130 valence electrons. The van der Waals surface area contributed by atoms with E-state index in [1.807, 2.05) is 12.2 Å². The second-order valence-corrected chi connectivity index (χ2v) is 6.92. The SMILES string of the molecule is C#CCOC(=O)CP(=O)(OCCCCC=C)OCCCCC=C. The summed E-state index contributed by atoms with van der Waals surface area (Å²) in [5, 5.41) is 0. The smallest absolute Gasteiger partial charge is 0.341 e. The van der Waals surface area contributed by atoms with Gasteiger partial charge in [0.25, 0.3) is 0 Å². The lowest BCUT2D eigenvalue weighted by atomic mass is 10.2. The van der Waals surface area contributed by atoms with E-state index in [0.29, 0.717) is 0 Å². The molecule has 0 N–H and O–H groups in total. The van der Waals surface area contributed by atoms with Crippen molar-refractivity contribution in [3.63, 3.8) is 0 Å². The first kappa shape index (κ1) is 21.7. The summed E-state index contributed by atoms with van der Waals surface area (Å²) >= 11 is 0. The molecule has 0 rings (SSSR count). The van der Waals surface area contributed by atoms with Gasteiger partial charge in [0, 0.05) is 0 Å². The third kappa shape index (κ3) is 12.9. The number of unbranched alkanes of at least 4 members (excludes halogenated alkanes) is 4. The van der Waals surface area contributed by atoms with Crippen LogP contribution in [0.2, 0.25) is 0 Å². The molecule has 0 radical (unpaired) electrons. The van der Waals surface area contributed by atoms with Gasteiger partial charge in [0.2, 0.25) is 0 Å². The van der Waals surface area contributed by atoms with Crippen molar-refractivity contribution < 1.29 is 23.1 Å². The van der Waals surface area contributed by atoms with Crippen molar-refractivity contribution in [2.24, 2.45) is 0 Å². The maximum Gasteiger partial charge on any atom is 0.341 e. The van der Waals surface area contributed by atoms with Gasteiger partial charge in [-0.25, -0.2) is 0 Å². The normalized spacial score (nSPS) is 10.7. The summed E-state index contributed by atoms with van der Waals surface area (Å²) in [4.78, 5) is 11.6. The predicted molar refractivity (Wildman–Crippen MR) is 92.3 cm³/mol. The third-order valence-electron chi connectivity index (χ3n) is 2.82. The van der Waals surface area contributed by atoms with Crippen LogP contribution in [0.3, 0.4) is 0 Å². The number of carbonyl (C=O) groups is 1. The van der Waals surface area contributed by atoms with E-state index in [2.05, 4.69) is 19.1 Å². The van der Waals surface area contributed by atoms with Crippen molar-refractivity contribution in [3.8, 4) is 12.3 Å². The Kier molecular flexibility index (Phi) is 13.4. The van der Waals surface area contributed by atoms with Crippen LogP contribution in [0, 0.1) is 12.3 Å². The van der Waals surface area contributed by atoms with Gasteiger partial charge in [-0.3, -0.25) is 9.36 Å². The Balaban J connectivity index is 4.35. The fraction of sp³-hybridized carbons (Fsp3) is 0.588. The van der Waals surface area contributed by atoms with E-state index in [-0.39, 0.29) is 19.8 Å². The van der Waals surface area contributed by atoms with Crippen LogP contribution in [0.15, 0.2) is 25.3 Å². The average molecular weight is 342 g/mol. The molecule has 0 spiro atoms. The number of ether oxygens (including phenoxy) is 1. The molecule has 0 aromatic rings. The molecule has 0 aliphatic carbocycles. The molecule has 5 nitrogen and oxygen atoms in total. The summed E-state index contributed by atoms with van der Waals surface area (Å²) in [5.74, 6) is 1.51. The molecule has 0 amide bonds. The third-order valence-corrected chi connectivity index (χ3v) is 4.62. The van der Waals surface area contributed by atoms with Crippen molar-refractivity contribution in [1.29, 1.82) is 0 Å². The quantitative estimate of drug-likeness (QED) is 0.147.